The van der Waals surface area contributed by atoms with Crippen LogP contribution in [0.25, 0.3) is 22.0 Å². The average Bonchev–Trinajstić information content (AvgIpc) is 3.24. The Morgan fingerprint density at radius 2 is 1.60 bits per heavy atom. The third-order valence-electron chi connectivity index (χ3n) is 5.38. The number of H-pyrrole nitrogens is 1. The van der Waals surface area contributed by atoms with Gasteiger partial charge >= 0.3 is 6.16 Å². The summed E-state index contributed by atoms with van der Waals surface area (Å²) in [4.78, 5) is 15.4. The molecule has 0 fully saturated rings. The van der Waals surface area contributed by atoms with Crippen LogP contribution in [0.3, 0.4) is 0 Å². The zero-order valence-electron chi connectivity index (χ0n) is 20.0. The number of carbonyl (C=O) groups is 1. The standard InChI is InChI=1S/C27H27NO7/c1-5-33-27(29)35-26-24(18-13-22(30-2)25(32-4)23(14-18)31-3)20-12-11-19(15-21(20)28-26)34-16-17-9-7-6-8-10-17/h6-15,28H,5,16H2,1-4H3. The van der Waals surface area contributed by atoms with E-state index >= 15 is 0 Å². The summed E-state index contributed by atoms with van der Waals surface area (Å²) >= 11 is 0. The van der Waals surface area contributed by atoms with Gasteiger partial charge in [0.05, 0.1) is 39.0 Å². The van der Waals surface area contributed by atoms with Crippen molar-refractivity contribution in [2.45, 2.75) is 13.5 Å². The second-order valence-electron chi connectivity index (χ2n) is 7.51. The molecule has 0 radical (unpaired) electrons. The van der Waals surface area contributed by atoms with Gasteiger partial charge in [0.25, 0.3) is 0 Å². The van der Waals surface area contributed by atoms with Crippen molar-refractivity contribution in [2.75, 3.05) is 27.9 Å². The van der Waals surface area contributed by atoms with Gasteiger partial charge in [-0.3, -0.25) is 0 Å². The number of aromatic amines is 1. The Hall–Kier alpha value is -4.33. The van der Waals surface area contributed by atoms with Crippen molar-refractivity contribution in [3.8, 4) is 40.0 Å². The Morgan fingerprint density at radius 3 is 2.23 bits per heavy atom. The lowest BCUT2D eigenvalue weighted by atomic mass is 10.0. The predicted octanol–water partition coefficient (Wildman–Crippen LogP) is 5.98. The van der Waals surface area contributed by atoms with Gasteiger partial charge < -0.3 is 33.4 Å². The lowest BCUT2D eigenvalue weighted by Crippen LogP contribution is -2.10. The number of aromatic nitrogens is 1. The van der Waals surface area contributed by atoms with Crippen LogP contribution in [-0.2, 0) is 11.3 Å². The molecule has 0 unspecified atom stereocenters. The van der Waals surface area contributed by atoms with Gasteiger partial charge in [-0.1, -0.05) is 30.3 Å². The first-order valence-corrected chi connectivity index (χ1v) is 11.0. The van der Waals surface area contributed by atoms with Crippen molar-refractivity contribution in [1.82, 2.24) is 4.98 Å². The quantitative estimate of drug-likeness (QED) is 0.297. The third kappa shape index (κ3) is 5.11. The van der Waals surface area contributed by atoms with Gasteiger partial charge in [0, 0.05) is 11.5 Å². The summed E-state index contributed by atoms with van der Waals surface area (Å²) in [7, 11) is 4.63. The average molecular weight is 478 g/mol. The zero-order valence-corrected chi connectivity index (χ0v) is 20.0. The Labute approximate surface area is 203 Å². The fourth-order valence-electron chi connectivity index (χ4n) is 3.80. The summed E-state index contributed by atoms with van der Waals surface area (Å²) in [6, 6.07) is 19.1. The maximum atomic E-state index is 12.2. The summed E-state index contributed by atoms with van der Waals surface area (Å²) < 4.78 is 33.0. The zero-order chi connectivity index (χ0) is 24.8. The normalized spacial score (nSPS) is 10.6. The SMILES string of the molecule is CCOC(=O)Oc1[nH]c2cc(OCc3ccccc3)ccc2c1-c1cc(OC)c(OC)c(OC)c1. The maximum absolute atomic E-state index is 12.2. The van der Waals surface area contributed by atoms with Crippen LogP contribution >= 0.6 is 0 Å². The van der Waals surface area contributed by atoms with Gasteiger partial charge in [0.1, 0.15) is 12.4 Å². The molecule has 1 heterocycles. The number of benzene rings is 3. The van der Waals surface area contributed by atoms with E-state index in [1.54, 1.807) is 33.3 Å². The summed E-state index contributed by atoms with van der Waals surface area (Å²) in [6.07, 6.45) is -0.812. The highest BCUT2D eigenvalue weighted by Gasteiger charge is 2.22. The Morgan fingerprint density at radius 1 is 0.886 bits per heavy atom. The third-order valence-corrected chi connectivity index (χ3v) is 5.38. The van der Waals surface area contributed by atoms with Crippen LogP contribution in [0.1, 0.15) is 12.5 Å². The molecule has 0 saturated carbocycles. The number of methoxy groups -OCH3 is 3. The van der Waals surface area contributed by atoms with Crippen molar-refractivity contribution in [2.24, 2.45) is 0 Å². The first kappa shape index (κ1) is 23.8. The number of rotatable bonds is 9. The fraction of sp³-hybridized carbons (Fsp3) is 0.222. The maximum Gasteiger partial charge on any atom is 0.515 e. The molecule has 0 aliphatic rings. The predicted molar refractivity (Wildman–Crippen MR) is 132 cm³/mol. The second-order valence-corrected chi connectivity index (χ2v) is 7.51. The number of fused-ring (bicyclic) bond motifs is 1. The van der Waals surface area contributed by atoms with E-state index in [4.69, 9.17) is 28.4 Å². The number of hydrogen-bond donors (Lipinski definition) is 1. The van der Waals surface area contributed by atoms with Crippen LogP contribution in [0.4, 0.5) is 4.79 Å². The van der Waals surface area contributed by atoms with Crippen LogP contribution in [-0.4, -0.2) is 39.1 Å². The number of carbonyl (C=O) groups excluding carboxylic acids is 1. The van der Waals surface area contributed by atoms with Crippen molar-refractivity contribution < 1.29 is 33.2 Å². The van der Waals surface area contributed by atoms with Crippen LogP contribution in [0.2, 0.25) is 0 Å². The highest BCUT2D eigenvalue weighted by atomic mass is 16.7. The Balaban J connectivity index is 1.79. The largest absolute Gasteiger partial charge is 0.515 e. The molecule has 1 aromatic heterocycles. The molecule has 8 heteroatoms. The lowest BCUT2D eigenvalue weighted by molar-refractivity contribution is 0.103. The lowest BCUT2D eigenvalue weighted by Gasteiger charge is -2.14. The molecule has 4 aromatic rings. The molecule has 0 bridgehead atoms. The van der Waals surface area contributed by atoms with E-state index in [9.17, 15) is 4.79 Å². The van der Waals surface area contributed by atoms with E-state index in [1.165, 1.54) is 7.11 Å². The molecule has 3 aromatic carbocycles. The fourth-order valence-corrected chi connectivity index (χ4v) is 3.80. The van der Waals surface area contributed by atoms with E-state index < -0.39 is 6.16 Å². The molecule has 35 heavy (non-hydrogen) atoms. The van der Waals surface area contributed by atoms with E-state index in [1.807, 2.05) is 48.5 Å². The topological polar surface area (TPSA) is 88.2 Å². The van der Waals surface area contributed by atoms with Crippen LogP contribution in [0, 0.1) is 0 Å². The highest BCUT2D eigenvalue weighted by molar-refractivity contribution is 6.01. The van der Waals surface area contributed by atoms with Gasteiger partial charge in [0.2, 0.25) is 11.6 Å². The molecule has 8 nitrogen and oxygen atoms in total. The molecule has 1 N–H and O–H groups in total. The summed E-state index contributed by atoms with van der Waals surface area (Å²) in [5.41, 5.74) is 3.12. The molecule has 0 amide bonds. The monoisotopic (exact) mass is 477 g/mol. The molecular formula is C27H27NO7. The van der Waals surface area contributed by atoms with Gasteiger partial charge in [0.15, 0.2) is 11.5 Å². The van der Waals surface area contributed by atoms with Crippen LogP contribution < -0.4 is 23.7 Å². The van der Waals surface area contributed by atoms with E-state index in [0.29, 0.717) is 40.7 Å². The molecule has 0 spiro atoms. The van der Waals surface area contributed by atoms with Crippen LogP contribution in [0.5, 0.6) is 28.9 Å². The Kier molecular flexibility index (Phi) is 7.30. The number of hydrogen-bond acceptors (Lipinski definition) is 7. The molecular weight excluding hydrogens is 450 g/mol. The Bertz CT molecular complexity index is 1290. The smallest absolute Gasteiger partial charge is 0.493 e. The minimum Gasteiger partial charge on any atom is -0.493 e. The van der Waals surface area contributed by atoms with Gasteiger partial charge in [-0.25, -0.2) is 4.79 Å². The second kappa shape index (κ2) is 10.7. The molecule has 0 atom stereocenters. The van der Waals surface area contributed by atoms with E-state index in [-0.39, 0.29) is 12.5 Å². The molecule has 0 aliphatic carbocycles. The van der Waals surface area contributed by atoms with Crippen molar-refractivity contribution >= 4 is 17.1 Å². The summed E-state index contributed by atoms with van der Waals surface area (Å²) in [5, 5.41) is 0.811. The molecule has 0 saturated heterocycles. The van der Waals surface area contributed by atoms with E-state index in [0.717, 1.165) is 16.5 Å². The number of nitrogens with one attached hydrogen (secondary N) is 1. The van der Waals surface area contributed by atoms with Crippen molar-refractivity contribution in [3.05, 3.63) is 66.2 Å². The van der Waals surface area contributed by atoms with Gasteiger partial charge in [-0.15, -0.1) is 0 Å². The first-order chi connectivity index (χ1) is 17.1. The minimum absolute atomic E-state index is 0.191. The van der Waals surface area contributed by atoms with Crippen LogP contribution in [0.15, 0.2) is 60.7 Å². The molecule has 182 valence electrons. The van der Waals surface area contributed by atoms with Crippen molar-refractivity contribution in [3.63, 3.8) is 0 Å². The molecule has 0 aliphatic heterocycles. The summed E-state index contributed by atoms with van der Waals surface area (Å²) in [5.74, 6) is 2.31. The summed E-state index contributed by atoms with van der Waals surface area (Å²) in [6.45, 7) is 2.33. The van der Waals surface area contributed by atoms with Crippen molar-refractivity contribution in [1.29, 1.82) is 0 Å². The van der Waals surface area contributed by atoms with Gasteiger partial charge in [-0.05, 0) is 42.3 Å². The van der Waals surface area contributed by atoms with E-state index in [2.05, 4.69) is 4.98 Å². The highest BCUT2D eigenvalue weighted by Crippen LogP contribution is 2.46. The van der Waals surface area contributed by atoms with Gasteiger partial charge in [-0.2, -0.15) is 0 Å². The number of ether oxygens (including phenoxy) is 6. The molecule has 4 rings (SSSR count). The minimum atomic E-state index is -0.812. The first-order valence-electron chi connectivity index (χ1n) is 11.0.